The number of aliphatic hydroxyl groups is 1. The quantitative estimate of drug-likeness (QED) is 0.746. The molecule has 0 radical (unpaired) electrons. The van der Waals surface area contributed by atoms with Crippen LogP contribution in [-0.4, -0.2) is 29.8 Å². The highest BCUT2D eigenvalue weighted by atomic mass is 16.3. The van der Waals surface area contributed by atoms with Crippen LogP contribution in [0.25, 0.3) is 0 Å². The molecule has 0 aromatic heterocycles. The fraction of sp³-hybridized carbons (Fsp3) is 0.941. The molecular formula is C17H30N2O2. The van der Waals surface area contributed by atoms with Gasteiger partial charge >= 0.3 is 6.03 Å². The smallest absolute Gasteiger partial charge is 0.315 e. The zero-order chi connectivity index (χ0) is 14.7. The van der Waals surface area contributed by atoms with Crippen molar-refractivity contribution in [2.45, 2.75) is 76.3 Å². The van der Waals surface area contributed by atoms with E-state index in [0.29, 0.717) is 24.6 Å². The van der Waals surface area contributed by atoms with Crippen molar-refractivity contribution in [3.05, 3.63) is 0 Å². The fourth-order valence-corrected chi connectivity index (χ4v) is 4.26. The molecule has 3 aliphatic carbocycles. The third kappa shape index (κ3) is 4.35. The van der Waals surface area contributed by atoms with E-state index in [1.807, 2.05) is 0 Å². The molecule has 2 unspecified atom stereocenters. The zero-order valence-corrected chi connectivity index (χ0v) is 13.0. The molecule has 3 aliphatic rings. The Bertz CT molecular complexity index is 349. The predicted molar refractivity (Wildman–Crippen MR) is 83.0 cm³/mol. The molecule has 4 nitrogen and oxygen atoms in total. The summed E-state index contributed by atoms with van der Waals surface area (Å²) in [6.45, 7) is 0.295. The van der Waals surface area contributed by atoms with Crippen LogP contribution < -0.4 is 10.6 Å². The Morgan fingerprint density at radius 1 is 0.857 bits per heavy atom. The average molecular weight is 294 g/mol. The van der Waals surface area contributed by atoms with Crippen molar-refractivity contribution in [3.63, 3.8) is 0 Å². The zero-order valence-electron chi connectivity index (χ0n) is 13.0. The summed E-state index contributed by atoms with van der Waals surface area (Å²) < 4.78 is 0. The number of amides is 2. The van der Waals surface area contributed by atoms with Crippen LogP contribution in [0.4, 0.5) is 4.79 Å². The van der Waals surface area contributed by atoms with Crippen LogP contribution >= 0.6 is 0 Å². The maximum absolute atomic E-state index is 12.2. The molecule has 21 heavy (non-hydrogen) atoms. The fourth-order valence-electron chi connectivity index (χ4n) is 4.26. The van der Waals surface area contributed by atoms with E-state index in [1.54, 1.807) is 0 Å². The summed E-state index contributed by atoms with van der Waals surface area (Å²) in [6, 6.07) is 0.720. The maximum Gasteiger partial charge on any atom is 0.315 e. The van der Waals surface area contributed by atoms with Gasteiger partial charge in [0.05, 0.1) is 0 Å². The van der Waals surface area contributed by atoms with Crippen LogP contribution in [0.15, 0.2) is 0 Å². The topological polar surface area (TPSA) is 61.4 Å². The van der Waals surface area contributed by atoms with Gasteiger partial charge in [-0.25, -0.2) is 4.79 Å². The first kappa shape index (κ1) is 15.1. The van der Waals surface area contributed by atoms with E-state index < -0.39 is 0 Å². The Morgan fingerprint density at radius 2 is 1.57 bits per heavy atom. The third-order valence-corrected chi connectivity index (χ3v) is 5.78. The lowest BCUT2D eigenvalue weighted by molar-refractivity contribution is 0.173. The molecule has 3 rings (SSSR count). The Morgan fingerprint density at radius 3 is 2.24 bits per heavy atom. The summed E-state index contributed by atoms with van der Waals surface area (Å²) in [4.78, 5) is 12.2. The Kier molecular flexibility index (Phi) is 5.04. The van der Waals surface area contributed by atoms with Gasteiger partial charge in [0.15, 0.2) is 0 Å². The van der Waals surface area contributed by atoms with Gasteiger partial charge in [-0.15, -0.1) is 0 Å². The summed E-state index contributed by atoms with van der Waals surface area (Å²) in [5.41, 5.74) is 0. The molecule has 4 heteroatoms. The normalized spacial score (nSPS) is 37.0. The Labute approximate surface area is 128 Å². The average Bonchev–Trinajstić information content (AvgIpc) is 3.33. The lowest BCUT2D eigenvalue weighted by atomic mass is 9.83. The second-order valence-corrected chi connectivity index (χ2v) is 7.48. The van der Waals surface area contributed by atoms with Gasteiger partial charge in [-0.3, -0.25) is 0 Å². The molecule has 0 heterocycles. The van der Waals surface area contributed by atoms with E-state index in [2.05, 4.69) is 10.6 Å². The minimum atomic E-state index is 0.0314. The summed E-state index contributed by atoms with van der Waals surface area (Å²) in [7, 11) is 0. The summed E-state index contributed by atoms with van der Waals surface area (Å²) in [6.07, 6.45) is 11.9. The number of urea groups is 1. The molecular weight excluding hydrogens is 264 g/mol. The van der Waals surface area contributed by atoms with Crippen LogP contribution in [0.5, 0.6) is 0 Å². The molecule has 3 N–H and O–H groups in total. The van der Waals surface area contributed by atoms with Crippen LogP contribution in [0, 0.1) is 17.8 Å². The number of hydrogen-bond donors (Lipinski definition) is 3. The number of nitrogens with one attached hydrogen (secondary N) is 2. The van der Waals surface area contributed by atoms with Gasteiger partial charge in [0.2, 0.25) is 0 Å². The monoisotopic (exact) mass is 294 g/mol. The van der Waals surface area contributed by atoms with Crippen molar-refractivity contribution in [1.82, 2.24) is 10.6 Å². The van der Waals surface area contributed by atoms with E-state index >= 15 is 0 Å². The van der Waals surface area contributed by atoms with Gasteiger partial charge in [-0.1, -0.05) is 12.8 Å². The second kappa shape index (κ2) is 6.99. The first-order chi connectivity index (χ1) is 10.2. The first-order valence-electron chi connectivity index (χ1n) is 8.92. The van der Waals surface area contributed by atoms with Gasteiger partial charge in [0.25, 0.3) is 0 Å². The molecule has 2 amide bonds. The standard InChI is InChI=1S/C17H30N2O2/c20-11-12-4-8-15(9-5-12)18-17(21)19-16-3-1-2-14(10-16)13-6-7-13/h12-16,20H,1-11H2,(H2,18,19,21). The van der Waals surface area contributed by atoms with Crippen molar-refractivity contribution in [2.75, 3.05) is 6.61 Å². The number of aliphatic hydroxyl groups excluding tert-OH is 1. The molecule has 0 bridgehead atoms. The molecule has 2 atom stereocenters. The molecule has 3 fully saturated rings. The SMILES string of the molecule is O=C(NC1CCC(CO)CC1)NC1CCCC(C2CC2)C1. The van der Waals surface area contributed by atoms with Crippen LogP contribution in [0.1, 0.15) is 64.2 Å². The van der Waals surface area contributed by atoms with Gasteiger partial charge in [-0.05, 0) is 69.1 Å². The number of hydrogen-bond acceptors (Lipinski definition) is 2. The number of carbonyl (C=O) groups excluding carboxylic acids is 1. The second-order valence-electron chi connectivity index (χ2n) is 7.48. The van der Waals surface area contributed by atoms with Gasteiger partial charge in [-0.2, -0.15) is 0 Å². The minimum absolute atomic E-state index is 0.0314. The minimum Gasteiger partial charge on any atom is -0.396 e. The van der Waals surface area contributed by atoms with E-state index in [1.165, 1.54) is 32.1 Å². The van der Waals surface area contributed by atoms with Gasteiger partial charge in [0, 0.05) is 18.7 Å². The molecule has 0 aliphatic heterocycles. The molecule has 0 saturated heterocycles. The first-order valence-corrected chi connectivity index (χ1v) is 8.92. The lowest BCUT2D eigenvalue weighted by Crippen LogP contribution is -2.48. The highest BCUT2D eigenvalue weighted by Crippen LogP contribution is 2.43. The maximum atomic E-state index is 12.2. The Balaban J connectivity index is 1.37. The highest BCUT2D eigenvalue weighted by Gasteiger charge is 2.35. The molecule has 0 aromatic carbocycles. The highest BCUT2D eigenvalue weighted by molar-refractivity contribution is 5.74. The summed E-state index contributed by atoms with van der Waals surface area (Å²) in [5, 5.41) is 15.5. The number of carbonyl (C=O) groups is 1. The molecule has 0 spiro atoms. The Hall–Kier alpha value is -0.770. The van der Waals surface area contributed by atoms with Gasteiger partial charge in [0.1, 0.15) is 0 Å². The van der Waals surface area contributed by atoms with Crippen molar-refractivity contribution >= 4 is 6.03 Å². The summed E-state index contributed by atoms with van der Waals surface area (Å²) >= 11 is 0. The van der Waals surface area contributed by atoms with E-state index in [9.17, 15) is 4.79 Å². The van der Waals surface area contributed by atoms with Crippen LogP contribution in [0.3, 0.4) is 0 Å². The number of rotatable bonds is 4. The van der Waals surface area contributed by atoms with E-state index in [0.717, 1.165) is 43.9 Å². The molecule has 0 aromatic rings. The van der Waals surface area contributed by atoms with Crippen molar-refractivity contribution < 1.29 is 9.90 Å². The van der Waals surface area contributed by atoms with Crippen LogP contribution in [0.2, 0.25) is 0 Å². The summed E-state index contributed by atoms with van der Waals surface area (Å²) in [5.74, 6) is 2.28. The molecule has 120 valence electrons. The van der Waals surface area contributed by atoms with Crippen LogP contribution in [-0.2, 0) is 0 Å². The third-order valence-electron chi connectivity index (χ3n) is 5.78. The van der Waals surface area contributed by atoms with Crippen molar-refractivity contribution in [3.8, 4) is 0 Å². The lowest BCUT2D eigenvalue weighted by Gasteiger charge is -2.32. The predicted octanol–water partition coefficient (Wildman–Crippen LogP) is 2.81. The molecule has 3 saturated carbocycles. The van der Waals surface area contributed by atoms with Gasteiger partial charge < -0.3 is 15.7 Å². The van der Waals surface area contributed by atoms with E-state index in [4.69, 9.17) is 5.11 Å². The van der Waals surface area contributed by atoms with E-state index in [-0.39, 0.29) is 6.03 Å². The largest absolute Gasteiger partial charge is 0.396 e. The van der Waals surface area contributed by atoms with Crippen molar-refractivity contribution in [1.29, 1.82) is 0 Å². The van der Waals surface area contributed by atoms with Crippen molar-refractivity contribution in [2.24, 2.45) is 17.8 Å².